The predicted octanol–water partition coefficient (Wildman–Crippen LogP) is 1.36. The van der Waals surface area contributed by atoms with Crippen LogP contribution in [0.25, 0.3) is 0 Å². The SMILES string of the molecule is CN1CC(Cl)=CC2=C1N(N)C=CC2. The summed E-state index contributed by atoms with van der Waals surface area (Å²) in [6, 6.07) is 0. The maximum absolute atomic E-state index is 5.98. The second kappa shape index (κ2) is 3.09. The van der Waals surface area contributed by atoms with Gasteiger partial charge in [0.25, 0.3) is 0 Å². The summed E-state index contributed by atoms with van der Waals surface area (Å²) >= 11 is 5.98. The molecule has 70 valence electrons. The first-order valence-electron chi connectivity index (χ1n) is 4.19. The molecular weight excluding hydrogens is 186 g/mol. The Kier molecular flexibility index (Phi) is 2.06. The summed E-state index contributed by atoms with van der Waals surface area (Å²) < 4.78 is 0. The standard InChI is InChI=1S/C9H12ClN3/c1-12-6-8(10)5-7-3-2-4-13(11)9(7)12/h2,4-5H,3,6,11H2,1H3. The molecule has 4 heteroatoms. The molecule has 0 spiro atoms. The zero-order chi connectivity index (χ0) is 9.42. The van der Waals surface area contributed by atoms with Gasteiger partial charge in [-0.05, 0) is 18.1 Å². The Hall–Kier alpha value is -0.930. The lowest BCUT2D eigenvalue weighted by Gasteiger charge is -2.34. The summed E-state index contributed by atoms with van der Waals surface area (Å²) in [4.78, 5) is 2.06. The number of rotatable bonds is 0. The van der Waals surface area contributed by atoms with E-state index in [0.717, 1.165) is 23.8 Å². The molecule has 0 radical (unpaired) electrons. The van der Waals surface area contributed by atoms with Crippen LogP contribution in [0.4, 0.5) is 0 Å². The van der Waals surface area contributed by atoms with Crippen LogP contribution in [-0.2, 0) is 0 Å². The van der Waals surface area contributed by atoms with E-state index >= 15 is 0 Å². The van der Waals surface area contributed by atoms with Crippen molar-refractivity contribution in [2.24, 2.45) is 5.84 Å². The Morgan fingerprint density at radius 1 is 1.54 bits per heavy atom. The number of hydrogen-bond donors (Lipinski definition) is 1. The fourth-order valence-electron chi connectivity index (χ4n) is 1.72. The summed E-state index contributed by atoms with van der Waals surface area (Å²) in [7, 11) is 1.99. The summed E-state index contributed by atoms with van der Waals surface area (Å²) in [6.45, 7) is 0.738. The molecule has 2 aliphatic rings. The van der Waals surface area contributed by atoms with Crippen molar-refractivity contribution in [2.75, 3.05) is 13.6 Å². The summed E-state index contributed by atoms with van der Waals surface area (Å²) in [5, 5.41) is 2.50. The van der Waals surface area contributed by atoms with Crippen molar-refractivity contribution in [3.63, 3.8) is 0 Å². The van der Waals surface area contributed by atoms with Crippen LogP contribution in [0.1, 0.15) is 6.42 Å². The first-order chi connectivity index (χ1) is 6.18. The van der Waals surface area contributed by atoms with Crippen molar-refractivity contribution in [1.82, 2.24) is 9.91 Å². The average Bonchev–Trinajstić information content (AvgIpc) is 2.02. The van der Waals surface area contributed by atoms with Gasteiger partial charge in [0.15, 0.2) is 0 Å². The van der Waals surface area contributed by atoms with Crippen LogP contribution in [0.15, 0.2) is 34.8 Å². The third-order valence-electron chi connectivity index (χ3n) is 2.22. The maximum atomic E-state index is 5.98. The highest BCUT2D eigenvalue weighted by molar-refractivity contribution is 6.30. The molecule has 2 heterocycles. The maximum Gasteiger partial charge on any atom is 0.126 e. The predicted molar refractivity (Wildman–Crippen MR) is 53.4 cm³/mol. The van der Waals surface area contributed by atoms with E-state index < -0.39 is 0 Å². The number of allylic oxidation sites excluding steroid dienone is 3. The van der Waals surface area contributed by atoms with Gasteiger partial charge in [0.1, 0.15) is 5.82 Å². The fraction of sp³-hybridized carbons (Fsp3) is 0.333. The van der Waals surface area contributed by atoms with E-state index in [2.05, 4.69) is 4.90 Å². The zero-order valence-corrected chi connectivity index (χ0v) is 8.25. The quantitative estimate of drug-likeness (QED) is 0.596. The largest absolute Gasteiger partial charge is 0.355 e. The minimum atomic E-state index is 0.738. The van der Waals surface area contributed by atoms with Crippen LogP contribution in [0.5, 0.6) is 0 Å². The van der Waals surface area contributed by atoms with E-state index in [1.807, 2.05) is 25.4 Å². The van der Waals surface area contributed by atoms with Crippen LogP contribution in [-0.4, -0.2) is 23.5 Å². The van der Waals surface area contributed by atoms with E-state index in [1.165, 1.54) is 5.57 Å². The summed E-state index contributed by atoms with van der Waals surface area (Å²) in [6.07, 6.45) is 6.81. The Morgan fingerprint density at radius 3 is 3.08 bits per heavy atom. The van der Waals surface area contributed by atoms with Gasteiger partial charge in [-0.25, -0.2) is 5.84 Å². The van der Waals surface area contributed by atoms with Crippen molar-refractivity contribution < 1.29 is 0 Å². The lowest BCUT2D eigenvalue weighted by Crippen LogP contribution is -2.38. The molecular formula is C9H12ClN3. The molecule has 3 nitrogen and oxygen atoms in total. The molecule has 2 rings (SSSR count). The molecule has 0 aliphatic carbocycles. The Bertz CT molecular complexity index is 317. The summed E-state index contributed by atoms with van der Waals surface area (Å²) in [5.74, 6) is 6.85. The molecule has 0 bridgehead atoms. The van der Waals surface area contributed by atoms with Crippen LogP contribution in [0, 0.1) is 0 Å². The van der Waals surface area contributed by atoms with E-state index in [0.29, 0.717) is 0 Å². The molecule has 0 unspecified atom stereocenters. The van der Waals surface area contributed by atoms with Gasteiger partial charge in [0, 0.05) is 18.3 Å². The zero-order valence-electron chi connectivity index (χ0n) is 7.50. The second-order valence-corrected chi connectivity index (χ2v) is 3.78. The van der Waals surface area contributed by atoms with E-state index in [4.69, 9.17) is 17.4 Å². The monoisotopic (exact) mass is 197 g/mol. The van der Waals surface area contributed by atoms with E-state index in [-0.39, 0.29) is 0 Å². The van der Waals surface area contributed by atoms with Gasteiger partial charge in [-0.15, -0.1) is 0 Å². The van der Waals surface area contributed by atoms with Crippen molar-refractivity contribution >= 4 is 11.6 Å². The minimum Gasteiger partial charge on any atom is -0.355 e. The fourth-order valence-corrected chi connectivity index (χ4v) is 2.03. The van der Waals surface area contributed by atoms with Crippen LogP contribution in [0.3, 0.4) is 0 Å². The summed E-state index contributed by atoms with van der Waals surface area (Å²) in [5.41, 5.74) is 1.18. The molecule has 0 saturated heterocycles. The third-order valence-corrected chi connectivity index (χ3v) is 2.44. The van der Waals surface area contributed by atoms with E-state index in [1.54, 1.807) is 5.01 Å². The van der Waals surface area contributed by atoms with Crippen LogP contribution >= 0.6 is 11.6 Å². The molecule has 0 amide bonds. The van der Waals surface area contributed by atoms with Gasteiger partial charge < -0.3 is 4.90 Å². The molecule has 0 aromatic carbocycles. The second-order valence-electron chi connectivity index (χ2n) is 3.29. The molecule has 0 atom stereocenters. The smallest absolute Gasteiger partial charge is 0.126 e. The molecule has 2 N–H and O–H groups in total. The minimum absolute atomic E-state index is 0.738. The molecule has 2 aliphatic heterocycles. The van der Waals surface area contributed by atoms with Crippen LogP contribution < -0.4 is 5.84 Å². The Labute approximate surface area is 82.7 Å². The molecule has 13 heavy (non-hydrogen) atoms. The van der Waals surface area contributed by atoms with Gasteiger partial charge in [0.2, 0.25) is 0 Å². The normalized spacial score (nSPS) is 21.9. The van der Waals surface area contributed by atoms with Gasteiger partial charge in [-0.1, -0.05) is 17.7 Å². The molecule has 0 aromatic heterocycles. The topological polar surface area (TPSA) is 32.5 Å². The molecule has 0 saturated carbocycles. The van der Waals surface area contributed by atoms with Crippen molar-refractivity contribution in [1.29, 1.82) is 0 Å². The van der Waals surface area contributed by atoms with Gasteiger partial charge in [-0.3, -0.25) is 5.01 Å². The highest BCUT2D eigenvalue weighted by Gasteiger charge is 2.21. The van der Waals surface area contributed by atoms with E-state index in [9.17, 15) is 0 Å². The number of halogens is 1. The third kappa shape index (κ3) is 1.45. The highest BCUT2D eigenvalue weighted by atomic mass is 35.5. The average molecular weight is 198 g/mol. The lowest BCUT2D eigenvalue weighted by atomic mass is 10.1. The number of nitrogens with zero attached hydrogens (tertiary/aromatic N) is 2. The lowest BCUT2D eigenvalue weighted by molar-refractivity contribution is 0.298. The number of hydrogen-bond acceptors (Lipinski definition) is 3. The number of hydrazine groups is 1. The number of likely N-dealkylation sites (N-methyl/N-ethyl adjacent to an activating group) is 1. The van der Waals surface area contributed by atoms with Crippen molar-refractivity contribution in [3.05, 3.63) is 34.8 Å². The van der Waals surface area contributed by atoms with Crippen molar-refractivity contribution in [3.8, 4) is 0 Å². The highest BCUT2D eigenvalue weighted by Crippen LogP contribution is 2.27. The first-order valence-corrected chi connectivity index (χ1v) is 4.57. The first kappa shape index (κ1) is 8.66. The van der Waals surface area contributed by atoms with Crippen molar-refractivity contribution in [2.45, 2.75) is 6.42 Å². The Balaban J connectivity index is 2.39. The van der Waals surface area contributed by atoms with Gasteiger partial charge >= 0.3 is 0 Å². The molecule has 0 aromatic rings. The Morgan fingerprint density at radius 2 is 2.31 bits per heavy atom. The molecule has 0 fully saturated rings. The van der Waals surface area contributed by atoms with Gasteiger partial charge in [0.05, 0.1) is 6.54 Å². The number of nitrogens with two attached hydrogens (primary N) is 1. The van der Waals surface area contributed by atoms with Crippen LogP contribution in [0.2, 0.25) is 0 Å². The van der Waals surface area contributed by atoms with Gasteiger partial charge in [-0.2, -0.15) is 0 Å².